The summed E-state index contributed by atoms with van der Waals surface area (Å²) in [6, 6.07) is 70.8. The Hall–Kier alpha value is -5.51. The van der Waals surface area contributed by atoms with E-state index < -0.39 is 66.8 Å². The Balaban J connectivity index is 1.04. The first kappa shape index (κ1) is 49.1. The minimum atomic E-state index is -1.03. The number of hydrogen-bond donors (Lipinski definition) is 0. The lowest BCUT2D eigenvalue weighted by molar-refractivity contribution is -0.389. The predicted molar refractivity (Wildman–Crippen MR) is 271 cm³/mol. The van der Waals surface area contributed by atoms with E-state index in [1.807, 2.05) is 152 Å². The number of rotatable bonds is 21. The van der Waals surface area contributed by atoms with Gasteiger partial charge in [-0.2, -0.15) is 0 Å². The van der Waals surface area contributed by atoms with Crippen molar-refractivity contribution in [2.75, 3.05) is 13.2 Å². The van der Waals surface area contributed by atoms with Crippen molar-refractivity contribution in [1.29, 1.82) is 0 Å². The second kappa shape index (κ2) is 25.2. The smallest absolute Gasteiger partial charge is 0.187 e. The van der Waals surface area contributed by atoms with Gasteiger partial charge in [0.2, 0.25) is 0 Å². The summed E-state index contributed by atoms with van der Waals surface area (Å²) in [6.07, 6.45) is -7.18. The number of hydrogen-bond acceptors (Lipinski definition) is 11. The van der Waals surface area contributed by atoms with E-state index in [4.69, 9.17) is 47.4 Å². The molecule has 0 aliphatic carbocycles. The van der Waals surface area contributed by atoms with Crippen LogP contribution in [-0.4, -0.2) is 73.8 Å². The average Bonchev–Trinajstić information content (AvgIpc) is 3.43. The van der Waals surface area contributed by atoms with Crippen molar-refractivity contribution in [3.8, 4) is 0 Å². The summed E-state index contributed by atoms with van der Waals surface area (Å²) < 4.78 is 70.1. The van der Waals surface area contributed by atoms with Gasteiger partial charge in [-0.3, -0.25) is 0 Å². The Bertz CT molecular complexity index is 2590. The van der Waals surface area contributed by atoms with Gasteiger partial charge in [0.1, 0.15) is 54.3 Å². The molecule has 0 aromatic heterocycles. The molecule has 3 saturated heterocycles. The van der Waals surface area contributed by atoms with Gasteiger partial charge >= 0.3 is 0 Å². The van der Waals surface area contributed by atoms with Crippen LogP contribution in [0.1, 0.15) is 39.7 Å². The van der Waals surface area contributed by atoms with Crippen LogP contribution in [0.4, 0.5) is 0 Å². The molecular formula is C60H60O10S. The molecule has 0 N–H and O–H groups in total. The highest BCUT2D eigenvalue weighted by atomic mass is 32.2. The number of benzene rings is 7. The molecule has 3 heterocycles. The fourth-order valence-corrected chi connectivity index (χ4v) is 10.3. The standard InChI is InChI=1S/C60H60O10S/c1-8-22-43(23-9-1)36-61-41-50-52(55(63-38-45-26-12-3-13-27-45)57(65-40-47-30-16-5-17-31-47)60(68-50)71-49-34-20-7-21-35-49)70-59-56(64-39-46-28-14-4-15-29-46)54(62-37-44-24-10-2-11-25-44)53-51(67-59)42-66-58(69-53)48-32-18-6-19-33-48/h1-35,50-60H,36-42H2/t50-,51-,52-,53-,54+,55+,56-,57-,58-,59-,60+/m1/s1. The first-order chi connectivity index (χ1) is 35.2. The third-order valence-corrected chi connectivity index (χ3v) is 13.9. The third kappa shape index (κ3) is 13.3. The zero-order chi connectivity index (χ0) is 47.9. The SMILES string of the molecule is c1ccc(COC[C@H]2O[C@@H](Sc3ccccc3)[C@H](OCc3ccccc3)[C@@H](OCc3ccccc3)[C@@H]2O[C@H]2O[C@@H]3CO[C@@H](c4ccccc4)O[C@H]3[C@H](OCc3ccccc3)[C@H]2OCc2ccccc2)cc1. The fraction of sp³-hybridized carbons (Fsp3) is 0.300. The Morgan fingerprint density at radius 2 is 0.845 bits per heavy atom. The van der Waals surface area contributed by atoms with Gasteiger partial charge in [-0.05, 0) is 39.9 Å². The van der Waals surface area contributed by atoms with E-state index in [-0.39, 0.29) is 26.4 Å². The van der Waals surface area contributed by atoms with Crippen LogP contribution in [0.2, 0.25) is 0 Å². The molecule has 0 bridgehead atoms. The Morgan fingerprint density at radius 3 is 1.37 bits per heavy atom. The summed E-state index contributed by atoms with van der Waals surface area (Å²) in [5, 5.41) is 0. The molecule has 0 spiro atoms. The molecular weight excluding hydrogens is 913 g/mol. The van der Waals surface area contributed by atoms with Gasteiger partial charge in [-0.1, -0.05) is 212 Å². The molecule has 0 amide bonds. The van der Waals surface area contributed by atoms with E-state index >= 15 is 0 Å². The summed E-state index contributed by atoms with van der Waals surface area (Å²) in [7, 11) is 0. The molecule has 3 aliphatic heterocycles. The zero-order valence-electron chi connectivity index (χ0n) is 39.5. The second-order valence-electron chi connectivity index (χ2n) is 17.8. The van der Waals surface area contributed by atoms with Crippen LogP contribution in [0.15, 0.2) is 217 Å². The van der Waals surface area contributed by atoms with Crippen LogP contribution < -0.4 is 0 Å². The topological polar surface area (TPSA) is 92.3 Å². The molecule has 0 saturated carbocycles. The van der Waals surface area contributed by atoms with Crippen LogP contribution in [-0.2, 0) is 80.4 Å². The van der Waals surface area contributed by atoms with Gasteiger partial charge in [-0.15, -0.1) is 0 Å². The van der Waals surface area contributed by atoms with E-state index in [2.05, 4.69) is 60.7 Å². The zero-order valence-corrected chi connectivity index (χ0v) is 40.3. The molecule has 71 heavy (non-hydrogen) atoms. The van der Waals surface area contributed by atoms with Crippen molar-refractivity contribution >= 4 is 11.8 Å². The molecule has 3 aliphatic rings. The number of thioether (sulfide) groups is 1. The van der Waals surface area contributed by atoms with Gasteiger partial charge in [0, 0.05) is 10.5 Å². The maximum atomic E-state index is 7.52. The van der Waals surface area contributed by atoms with Crippen LogP contribution >= 0.6 is 11.8 Å². The lowest BCUT2D eigenvalue weighted by Crippen LogP contribution is -2.66. The molecule has 0 radical (unpaired) electrons. The Morgan fingerprint density at radius 1 is 0.408 bits per heavy atom. The van der Waals surface area contributed by atoms with Crippen LogP contribution in [0.3, 0.4) is 0 Å². The maximum absolute atomic E-state index is 7.52. The van der Waals surface area contributed by atoms with Crippen LogP contribution in [0.25, 0.3) is 0 Å². The summed E-state index contributed by atoms with van der Waals surface area (Å²) >= 11 is 1.59. The molecule has 10 nitrogen and oxygen atoms in total. The minimum Gasteiger partial charge on any atom is -0.374 e. The Labute approximate surface area is 421 Å². The molecule has 10 rings (SSSR count). The monoisotopic (exact) mass is 972 g/mol. The molecule has 7 aromatic rings. The van der Waals surface area contributed by atoms with E-state index in [1.54, 1.807) is 11.8 Å². The molecule has 11 atom stereocenters. The van der Waals surface area contributed by atoms with E-state index in [1.165, 1.54) is 0 Å². The number of fused-ring (bicyclic) bond motifs is 1. The molecule has 3 fully saturated rings. The van der Waals surface area contributed by atoms with E-state index in [0.717, 1.165) is 38.3 Å². The molecule has 0 unspecified atom stereocenters. The van der Waals surface area contributed by atoms with E-state index in [0.29, 0.717) is 19.8 Å². The highest BCUT2D eigenvalue weighted by Crippen LogP contribution is 2.42. The van der Waals surface area contributed by atoms with Crippen LogP contribution in [0, 0.1) is 0 Å². The Kier molecular flexibility index (Phi) is 17.4. The summed E-state index contributed by atoms with van der Waals surface area (Å²) in [6.45, 7) is 1.92. The van der Waals surface area contributed by atoms with Gasteiger partial charge in [0.15, 0.2) is 12.6 Å². The van der Waals surface area contributed by atoms with Crippen molar-refractivity contribution in [2.45, 2.75) is 105 Å². The van der Waals surface area contributed by atoms with Crippen molar-refractivity contribution < 1.29 is 47.4 Å². The van der Waals surface area contributed by atoms with Gasteiger partial charge < -0.3 is 47.4 Å². The highest BCUT2D eigenvalue weighted by Gasteiger charge is 2.56. The summed E-state index contributed by atoms with van der Waals surface area (Å²) in [5.74, 6) is 0. The van der Waals surface area contributed by atoms with Crippen LogP contribution in [0.5, 0.6) is 0 Å². The van der Waals surface area contributed by atoms with Crippen molar-refractivity contribution in [2.24, 2.45) is 0 Å². The molecule has 366 valence electrons. The highest BCUT2D eigenvalue weighted by molar-refractivity contribution is 7.99. The predicted octanol–water partition coefficient (Wildman–Crippen LogP) is 11.3. The lowest BCUT2D eigenvalue weighted by atomic mass is 9.95. The largest absolute Gasteiger partial charge is 0.374 e. The second-order valence-corrected chi connectivity index (χ2v) is 19.0. The molecule has 11 heteroatoms. The average molecular weight is 973 g/mol. The summed E-state index contributed by atoms with van der Waals surface area (Å²) in [4.78, 5) is 1.02. The first-order valence-electron chi connectivity index (χ1n) is 24.4. The number of ether oxygens (including phenoxy) is 10. The van der Waals surface area contributed by atoms with E-state index in [9.17, 15) is 0 Å². The van der Waals surface area contributed by atoms with Crippen molar-refractivity contribution in [3.63, 3.8) is 0 Å². The quantitative estimate of drug-likeness (QED) is 0.0689. The lowest BCUT2D eigenvalue weighted by Gasteiger charge is -2.51. The van der Waals surface area contributed by atoms with Gasteiger partial charge in [0.25, 0.3) is 0 Å². The normalized spacial score (nSPS) is 26.3. The molecule has 7 aromatic carbocycles. The maximum Gasteiger partial charge on any atom is 0.187 e. The van der Waals surface area contributed by atoms with Crippen molar-refractivity contribution in [3.05, 3.63) is 246 Å². The first-order valence-corrected chi connectivity index (χ1v) is 25.3. The third-order valence-electron chi connectivity index (χ3n) is 12.8. The van der Waals surface area contributed by atoms with Crippen molar-refractivity contribution in [1.82, 2.24) is 0 Å². The summed E-state index contributed by atoms with van der Waals surface area (Å²) in [5.41, 5.74) is 5.41. The van der Waals surface area contributed by atoms with Gasteiger partial charge in [0.05, 0.1) is 46.2 Å². The fourth-order valence-electron chi connectivity index (χ4n) is 9.16. The van der Waals surface area contributed by atoms with Gasteiger partial charge in [-0.25, -0.2) is 0 Å². The minimum absolute atomic E-state index is 0.176.